The van der Waals surface area contributed by atoms with Crippen LogP contribution in [0.25, 0.3) is 0 Å². The molecule has 0 saturated carbocycles. The highest BCUT2D eigenvalue weighted by Crippen LogP contribution is 2.21. The van der Waals surface area contributed by atoms with E-state index in [2.05, 4.69) is 21.2 Å². The number of nitriles is 1. The van der Waals surface area contributed by atoms with E-state index in [4.69, 9.17) is 0 Å². The molecule has 0 unspecified atom stereocenters. The van der Waals surface area contributed by atoms with Gasteiger partial charge in [0.1, 0.15) is 12.6 Å². The highest BCUT2D eigenvalue weighted by molar-refractivity contribution is 9.10. The van der Waals surface area contributed by atoms with Gasteiger partial charge in [0.05, 0.1) is 11.3 Å². The number of aryl methyl sites for hydroxylation is 1. The lowest BCUT2D eigenvalue weighted by Gasteiger charge is -2.21. The zero-order chi connectivity index (χ0) is 17.7. The lowest BCUT2D eigenvalue weighted by molar-refractivity contribution is -0.120. The molecule has 0 radical (unpaired) electrons. The standard InChI is InChI=1S/C18H16BrN3O2/c1-12-9-15(7-8-16(12)19)21-18(24)11-22(13(2)23)17-6-4-3-5-14(17)10-20/h3-9H,11H2,1-2H3,(H,21,24). The zero-order valence-electron chi connectivity index (χ0n) is 13.3. The van der Waals surface area contributed by atoms with Crippen LogP contribution in [0.1, 0.15) is 18.1 Å². The van der Waals surface area contributed by atoms with Crippen LogP contribution in [0.5, 0.6) is 0 Å². The number of nitrogens with one attached hydrogen (secondary N) is 1. The highest BCUT2D eigenvalue weighted by atomic mass is 79.9. The Morgan fingerprint density at radius 1 is 1.25 bits per heavy atom. The molecule has 2 amide bonds. The zero-order valence-corrected chi connectivity index (χ0v) is 14.9. The summed E-state index contributed by atoms with van der Waals surface area (Å²) in [6.07, 6.45) is 0. The molecule has 6 heteroatoms. The van der Waals surface area contributed by atoms with Crippen molar-refractivity contribution in [3.05, 3.63) is 58.1 Å². The predicted octanol–water partition coefficient (Wildman–Crippen LogP) is 3.62. The van der Waals surface area contributed by atoms with Crippen molar-refractivity contribution in [2.75, 3.05) is 16.8 Å². The second kappa shape index (κ2) is 7.75. The number of halogens is 1. The smallest absolute Gasteiger partial charge is 0.244 e. The van der Waals surface area contributed by atoms with Crippen LogP contribution in [0.15, 0.2) is 46.9 Å². The molecule has 0 bridgehead atoms. The quantitative estimate of drug-likeness (QED) is 0.872. The van der Waals surface area contributed by atoms with E-state index in [1.807, 2.05) is 25.1 Å². The molecule has 0 fully saturated rings. The normalized spacial score (nSPS) is 9.92. The molecule has 0 spiro atoms. The third kappa shape index (κ3) is 4.21. The molecule has 2 aromatic carbocycles. The summed E-state index contributed by atoms with van der Waals surface area (Å²) in [4.78, 5) is 25.5. The van der Waals surface area contributed by atoms with E-state index in [0.717, 1.165) is 10.0 Å². The second-order valence-electron chi connectivity index (χ2n) is 5.25. The van der Waals surface area contributed by atoms with Gasteiger partial charge in [0.15, 0.2) is 0 Å². The number of carbonyl (C=O) groups excluding carboxylic acids is 2. The van der Waals surface area contributed by atoms with E-state index in [1.165, 1.54) is 11.8 Å². The number of nitrogens with zero attached hydrogens (tertiary/aromatic N) is 2. The molecular formula is C18H16BrN3O2. The first-order chi connectivity index (χ1) is 11.4. The van der Waals surface area contributed by atoms with Gasteiger partial charge in [-0.1, -0.05) is 28.1 Å². The van der Waals surface area contributed by atoms with Crippen LogP contribution in [0.3, 0.4) is 0 Å². The maximum atomic E-state index is 12.3. The molecule has 1 N–H and O–H groups in total. The van der Waals surface area contributed by atoms with Gasteiger partial charge in [-0.05, 0) is 42.8 Å². The summed E-state index contributed by atoms with van der Waals surface area (Å²) in [5, 5.41) is 11.9. The minimum Gasteiger partial charge on any atom is -0.325 e. The highest BCUT2D eigenvalue weighted by Gasteiger charge is 2.18. The fraction of sp³-hybridized carbons (Fsp3) is 0.167. The third-order valence-electron chi connectivity index (χ3n) is 3.44. The van der Waals surface area contributed by atoms with Crippen molar-refractivity contribution >= 4 is 39.1 Å². The topological polar surface area (TPSA) is 73.2 Å². The molecule has 0 heterocycles. The van der Waals surface area contributed by atoms with Crippen LogP contribution in [0, 0.1) is 18.3 Å². The molecule has 0 aliphatic rings. The van der Waals surface area contributed by atoms with Gasteiger partial charge in [0.25, 0.3) is 0 Å². The number of rotatable bonds is 4. The average molecular weight is 386 g/mol. The summed E-state index contributed by atoms with van der Waals surface area (Å²) in [6.45, 7) is 3.12. The summed E-state index contributed by atoms with van der Waals surface area (Å²) >= 11 is 3.41. The summed E-state index contributed by atoms with van der Waals surface area (Å²) in [5.74, 6) is -0.639. The summed E-state index contributed by atoms with van der Waals surface area (Å²) in [6, 6.07) is 14.2. The fourth-order valence-electron chi connectivity index (χ4n) is 2.24. The number of para-hydroxylation sites is 1. The largest absolute Gasteiger partial charge is 0.325 e. The Bertz CT molecular complexity index is 827. The van der Waals surface area contributed by atoms with Crippen LogP contribution in [-0.2, 0) is 9.59 Å². The number of benzene rings is 2. The fourth-order valence-corrected chi connectivity index (χ4v) is 2.48. The molecule has 2 rings (SSSR count). The molecule has 0 aliphatic heterocycles. The Morgan fingerprint density at radius 2 is 1.96 bits per heavy atom. The molecule has 5 nitrogen and oxygen atoms in total. The first-order valence-electron chi connectivity index (χ1n) is 7.25. The van der Waals surface area contributed by atoms with E-state index >= 15 is 0 Å². The molecule has 24 heavy (non-hydrogen) atoms. The molecule has 0 saturated heterocycles. The Hall–Kier alpha value is -2.65. The number of carbonyl (C=O) groups is 2. The molecule has 0 aliphatic carbocycles. The number of amides is 2. The Labute approximate surface area is 149 Å². The number of hydrogen-bond donors (Lipinski definition) is 1. The van der Waals surface area contributed by atoms with E-state index in [0.29, 0.717) is 16.9 Å². The lowest BCUT2D eigenvalue weighted by atomic mass is 10.1. The molecule has 0 atom stereocenters. The van der Waals surface area contributed by atoms with Gasteiger partial charge in [0.2, 0.25) is 11.8 Å². The summed E-state index contributed by atoms with van der Waals surface area (Å²) in [5.41, 5.74) is 2.42. The average Bonchev–Trinajstić information content (AvgIpc) is 2.56. The van der Waals surface area contributed by atoms with Crippen molar-refractivity contribution in [3.63, 3.8) is 0 Å². The van der Waals surface area contributed by atoms with Crippen molar-refractivity contribution in [1.29, 1.82) is 5.26 Å². The minimum atomic E-state index is -0.334. The summed E-state index contributed by atoms with van der Waals surface area (Å²) < 4.78 is 0.953. The Morgan fingerprint density at radius 3 is 2.58 bits per heavy atom. The van der Waals surface area contributed by atoms with Gasteiger partial charge in [-0.3, -0.25) is 9.59 Å². The Balaban J connectivity index is 2.19. The maximum Gasteiger partial charge on any atom is 0.244 e. The van der Waals surface area contributed by atoms with E-state index in [-0.39, 0.29) is 18.4 Å². The van der Waals surface area contributed by atoms with Crippen molar-refractivity contribution in [2.45, 2.75) is 13.8 Å². The SMILES string of the molecule is CC(=O)N(CC(=O)Nc1ccc(Br)c(C)c1)c1ccccc1C#N. The molecule has 2 aromatic rings. The third-order valence-corrected chi connectivity index (χ3v) is 4.33. The van der Waals surface area contributed by atoms with Crippen LogP contribution < -0.4 is 10.2 Å². The minimum absolute atomic E-state index is 0.164. The van der Waals surface area contributed by atoms with Crippen LogP contribution in [0.4, 0.5) is 11.4 Å². The van der Waals surface area contributed by atoms with Crippen molar-refractivity contribution in [2.24, 2.45) is 0 Å². The molecule has 122 valence electrons. The summed E-state index contributed by atoms with van der Waals surface area (Å²) in [7, 11) is 0. The van der Waals surface area contributed by atoms with Gasteiger partial charge < -0.3 is 10.2 Å². The second-order valence-corrected chi connectivity index (χ2v) is 6.10. The van der Waals surface area contributed by atoms with Gasteiger partial charge in [-0.2, -0.15) is 5.26 Å². The van der Waals surface area contributed by atoms with Gasteiger partial charge in [-0.15, -0.1) is 0 Å². The van der Waals surface area contributed by atoms with Crippen LogP contribution in [-0.4, -0.2) is 18.4 Å². The first-order valence-corrected chi connectivity index (χ1v) is 8.05. The van der Waals surface area contributed by atoms with Crippen LogP contribution >= 0.6 is 15.9 Å². The predicted molar refractivity (Wildman–Crippen MR) is 96.7 cm³/mol. The lowest BCUT2D eigenvalue weighted by Crippen LogP contribution is -2.37. The number of anilines is 2. The molecular weight excluding hydrogens is 370 g/mol. The van der Waals surface area contributed by atoms with Crippen LogP contribution in [0.2, 0.25) is 0 Å². The molecule has 0 aromatic heterocycles. The maximum absolute atomic E-state index is 12.3. The van der Waals surface area contributed by atoms with Gasteiger partial charge in [0, 0.05) is 17.1 Å². The number of hydrogen-bond acceptors (Lipinski definition) is 3. The van der Waals surface area contributed by atoms with E-state index < -0.39 is 0 Å². The van der Waals surface area contributed by atoms with E-state index in [1.54, 1.807) is 30.3 Å². The van der Waals surface area contributed by atoms with Crippen molar-refractivity contribution in [1.82, 2.24) is 0 Å². The first kappa shape index (κ1) is 17.7. The van der Waals surface area contributed by atoms with Crippen molar-refractivity contribution < 1.29 is 9.59 Å². The van der Waals surface area contributed by atoms with Gasteiger partial charge in [-0.25, -0.2) is 0 Å². The Kier molecular flexibility index (Phi) is 5.72. The monoisotopic (exact) mass is 385 g/mol. The van der Waals surface area contributed by atoms with Gasteiger partial charge >= 0.3 is 0 Å². The van der Waals surface area contributed by atoms with Crippen molar-refractivity contribution in [3.8, 4) is 6.07 Å². The van der Waals surface area contributed by atoms with E-state index in [9.17, 15) is 14.9 Å².